The zero-order valence-corrected chi connectivity index (χ0v) is 16.3. The Bertz CT molecular complexity index is 1000. The highest BCUT2D eigenvalue weighted by molar-refractivity contribution is 9.10. The third kappa shape index (κ3) is 3.89. The van der Waals surface area contributed by atoms with Crippen LogP contribution in [0, 0.1) is 0 Å². The monoisotopic (exact) mass is 430 g/mol. The van der Waals surface area contributed by atoms with Crippen LogP contribution < -0.4 is 10.6 Å². The quantitative estimate of drug-likeness (QED) is 0.544. The van der Waals surface area contributed by atoms with Gasteiger partial charge in [-0.2, -0.15) is 0 Å². The summed E-state index contributed by atoms with van der Waals surface area (Å²) in [5.74, 6) is -0.377. The minimum absolute atomic E-state index is 0.108. The number of hydrogen-bond acceptors (Lipinski definition) is 2. The van der Waals surface area contributed by atoms with Gasteiger partial charge in [-0.05, 0) is 41.1 Å². The highest BCUT2D eigenvalue weighted by Crippen LogP contribution is 2.29. The summed E-state index contributed by atoms with van der Waals surface area (Å²) >= 11 is 9.71. The summed E-state index contributed by atoms with van der Waals surface area (Å²) in [5, 5.41) is 7.78. The average molecular weight is 432 g/mol. The standard InChI is InChI=1S/C20H16BrClN2O2/c1-2-19(25)23-12-9-10-17(22)18(11-12)24-20(26)15-7-3-6-14-13(15)5-4-8-16(14)21/h3-11H,2H2,1H3,(H,23,25)(H,24,26). The predicted octanol–water partition coefficient (Wildman–Crippen LogP) is 5.86. The first-order valence-corrected chi connectivity index (χ1v) is 9.24. The first kappa shape index (κ1) is 18.4. The molecule has 0 aliphatic heterocycles. The lowest BCUT2D eigenvalue weighted by molar-refractivity contribution is -0.115. The summed E-state index contributed by atoms with van der Waals surface area (Å²) < 4.78 is 0.923. The Hall–Kier alpha value is -2.37. The van der Waals surface area contributed by atoms with Crippen LogP contribution in [0.5, 0.6) is 0 Å². The SMILES string of the molecule is CCC(=O)Nc1ccc(Cl)c(NC(=O)c2cccc3c(Br)cccc23)c1. The molecule has 0 aliphatic rings. The van der Waals surface area contributed by atoms with Gasteiger partial charge in [0, 0.05) is 22.1 Å². The third-order valence-electron chi connectivity index (χ3n) is 3.93. The Balaban J connectivity index is 1.92. The first-order chi connectivity index (χ1) is 12.5. The van der Waals surface area contributed by atoms with Gasteiger partial charge in [0.1, 0.15) is 0 Å². The van der Waals surface area contributed by atoms with Gasteiger partial charge in [0.25, 0.3) is 5.91 Å². The molecule has 0 aromatic heterocycles. The number of anilines is 2. The molecule has 0 atom stereocenters. The van der Waals surface area contributed by atoms with Crippen LogP contribution in [-0.4, -0.2) is 11.8 Å². The van der Waals surface area contributed by atoms with E-state index in [0.717, 1.165) is 15.2 Å². The smallest absolute Gasteiger partial charge is 0.256 e. The molecule has 3 aromatic rings. The van der Waals surface area contributed by atoms with Crippen molar-refractivity contribution < 1.29 is 9.59 Å². The summed E-state index contributed by atoms with van der Waals surface area (Å²) in [4.78, 5) is 24.4. The molecule has 0 radical (unpaired) electrons. The molecule has 0 saturated heterocycles. The van der Waals surface area contributed by atoms with Crippen LogP contribution in [0.2, 0.25) is 5.02 Å². The Morgan fingerprint density at radius 1 is 1.00 bits per heavy atom. The molecule has 0 fully saturated rings. The maximum atomic E-state index is 12.8. The van der Waals surface area contributed by atoms with Crippen LogP contribution in [0.1, 0.15) is 23.7 Å². The van der Waals surface area contributed by atoms with Crippen LogP contribution in [0.15, 0.2) is 59.1 Å². The number of carbonyl (C=O) groups excluding carboxylic acids is 2. The third-order valence-corrected chi connectivity index (χ3v) is 4.95. The van der Waals surface area contributed by atoms with Crippen molar-refractivity contribution in [1.82, 2.24) is 0 Å². The second-order valence-electron chi connectivity index (χ2n) is 5.69. The topological polar surface area (TPSA) is 58.2 Å². The van der Waals surface area contributed by atoms with E-state index in [0.29, 0.717) is 28.4 Å². The minimum Gasteiger partial charge on any atom is -0.326 e. The van der Waals surface area contributed by atoms with E-state index in [1.54, 1.807) is 31.2 Å². The van der Waals surface area contributed by atoms with Gasteiger partial charge in [-0.1, -0.05) is 58.7 Å². The first-order valence-electron chi connectivity index (χ1n) is 8.07. The lowest BCUT2D eigenvalue weighted by atomic mass is 10.0. The number of carbonyl (C=O) groups is 2. The van der Waals surface area contributed by atoms with Crippen LogP contribution in [0.4, 0.5) is 11.4 Å². The van der Waals surface area contributed by atoms with Crippen molar-refractivity contribution >= 4 is 61.5 Å². The second kappa shape index (κ2) is 7.89. The van der Waals surface area contributed by atoms with Gasteiger partial charge in [0.2, 0.25) is 5.91 Å². The fourth-order valence-corrected chi connectivity index (χ4v) is 3.27. The lowest BCUT2D eigenvalue weighted by Gasteiger charge is -2.12. The summed E-state index contributed by atoms with van der Waals surface area (Å²) in [7, 11) is 0. The van der Waals surface area contributed by atoms with Gasteiger partial charge in [-0.3, -0.25) is 9.59 Å². The molecule has 2 N–H and O–H groups in total. The van der Waals surface area contributed by atoms with E-state index >= 15 is 0 Å². The highest BCUT2D eigenvalue weighted by Gasteiger charge is 2.13. The Morgan fingerprint density at radius 2 is 1.73 bits per heavy atom. The average Bonchev–Trinajstić information content (AvgIpc) is 2.64. The molecule has 2 amide bonds. The molecule has 0 saturated carbocycles. The van der Waals surface area contributed by atoms with Crippen molar-refractivity contribution in [2.75, 3.05) is 10.6 Å². The normalized spacial score (nSPS) is 10.6. The number of fused-ring (bicyclic) bond motifs is 1. The lowest BCUT2D eigenvalue weighted by Crippen LogP contribution is -2.14. The van der Waals surface area contributed by atoms with E-state index < -0.39 is 0 Å². The van der Waals surface area contributed by atoms with E-state index in [4.69, 9.17) is 11.6 Å². The summed E-state index contributed by atoms with van der Waals surface area (Å²) in [5.41, 5.74) is 1.57. The van der Waals surface area contributed by atoms with Crippen molar-refractivity contribution in [3.05, 3.63) is 69.7 Å². The molecule has 6 heteroatoms. The zero-order chi connectivity index (χ0) is 18.7. The van der Waals surface area contributed by atoms with Gasteiger partial charge in [-0.15, -0.1) is 0 Å². The minimum atomic E-state index is -0.269. The van der Waals surface area contributed by atoms with Gasteiger partial charge < -0.3 is 10.6 Å². The fraction of sp³-hybridized carbons (Fsp3) is 0.100. The molecule has 0 heterocycles. The zero-order valence-electron chi connectivity index (χ0n) is 14.0. The number of nitrogens with one attached hydrogen (secondary N) is 2. The number of halogens is 2. The summed E-state index contributed by atoms with van der Waals surface area (Å²) in [6.45, 7) is 1.77. The molecule has 3 rings (SSSR count). The summed E-state index contributed by atoms with van der Waals surface area (Å²) in [6.07, 6.45) is 0.370. The van der Waals surface area contributed by atoms with Crippen molar-refractivity contribution in [2.45, 2.75) is 13.3 Å². The molecule has 132 valence electrons. The Kier molecular flexibility index (Phi) is 5.59. The largest absolute Gasteiger partial charge is 0.326 e. The van der Waals surface area contributed by atoms with Crippen LogP contribution in [0.25, 0.3) is 10.8 Å². The van der Waals surface area contributed by atoms with Crippen molar-refractivity contribution in [2.24, 2.45) is 0 Å². The van der Waals surface area contributed by atoms with Crippen molar-refractivity contribution in [3.63, 3.8) is 0 Å². The predicted molar refractivity (Wildman–Crippen MR) is 110 cm³/mol. The second-order valence-corrected chi connectivity index (χ2v) is 6.95. The molecule has 0 aliphatic carbocycles. The number of benzene rings is 3. The number of hydrogen-bond donors (Lipinski definition) is 2. The van der Waals surface area contributed by atoms with Gasteiger partial charge >= 0.3 is 0 Å². The van der Waals surface area contributed by atoms with Crippen molar-refractivity contribution in [1.29, 1.82) is 0 Å². The molecule has 26 heavy (non-hydrogen) atoms. The summed E-state index contributed by atoms with van der Waals surface area (Å²) in [6, 6.07) is 16.2. The Morgan fingerprint density at radius 3 is 2.50 bits per heavy atom. The molecule has 0 spiro atoms. The number of amides is 2. The molecular weight excluding hydrogens is 416 g/mol. The molecule has 0 unspecified atom stereocenters. The highest BCUT2D eigenvalue weighted by atomic mass is 79.9. The van der Waals surface area contributed by atoms with Crippen molar-refractivity contribution in [3.8, 4) is 0 Å². The molecule has 0 bridgehead atoms. The molecule has 4 nitrogen and oxygen atoms in total. The van der Waals surface area contributed by atoms with Crippen LogP contribution in [0.3, 0.4) is 0 Å². The van der Waals surface area contributed by atoms with E-state index in [-0.39, 0.29) is 11.8 Å². The van der Waals surface area contributed by atoms with E-state index in [2.05, 4.69) is 26.6 Å². The van der Waals surface area contributed by atoms with Gasteiger partial charge in [0.05, 0.1) is 10.7 Å². The Labute approximate surface area is 164 Å². The van der Waals surface area contributed by atoms with Crippen LogP contribution in [-0.2, 0) is 4.79 Å². The van der Waals surface area contributed by atoms with E-state index in [1.807, 2.05) is 30.3 Å². The van der Waals surface area contributed by atoms with Gasteiger partial charge in [-0.25, -0.2) is 0 Å². The maximum absolute atomic E-state index is 12.8. The van der Waals surface area contributed by atoms with E-state index in [9.17, 15) is 9.59 Å². The van der Waals surface area contributed by atoms with Crippen LogP contribution >= 0.6 is 27.5 Å². The van der Waals surface area contributed by atoms with E-state index in [1.165, 1.54) is 0 Å². The molecular formula is C20H16BrClN2O2. The molecule has 3 aromatic carbocycles. The maximum Gasteiger partial charge on any atom is 0.256 e. The van der Waals surface area contributed by atoms with Gasteiger partial charge in [0.15, 0.2) is 0 Å². The number of rotatable bonds is 4. The fourth-order valence-electron chi connectivity index (χ4n) is 2.61.